The lowest BCUT2D eigenvalue weighted by Gasteiger charge is -2.19. The zero-order valence-electron chi connectivity index (χ0n) is 17.6. The van der Waals surface area contributed by atoms with Gasteiger partial charge in [-0.3, -0.25) is 4.40 Å². The van der Waals surface area contributed by atoms with Crippen molar-refractivity contribution in [2.75, 3.05) is 5.32 Å². The molecule has 0 aliphatic heterocycles. The number of hydrogen-bond acceptors (Lipinski definition) is 3. The third-order valence-corrected chi connectivity index (χ3v) is 5.74. The van der Waals surface area contributed by atoms with Gasteiger partial charge in [-0.05, 0) is 54.8 Å². The fourth-order valence-electron chi connectivity index (χ4n) is 4.19. The molecule has 0 unspecified atom stereocenters. The first-order valence-electron chi connectivity index (χ1n) is 10.4. The fraction of sp³-hybridized carbons (Fsp3) is 0.111. The van der Waals surface area contributed by atoms with Crippen LogP contribution in [0.5, 0.6) is 0 Å². The maximum Gasteiger partial charge on any atom is 0.157 e. The lowest BCUT2D eigenvalue weighted by atomic mass is 9.97. The van der Waals surface area contributed by atoms with Crippen LogP contribution >= 0.6 is 0 Å². The Hall–Kier alpha value is -4.10. The molecular weight excluding hydrogens is 380 g/mol. The molecule has 2 aromatic heterocycles. The molecule has 0 radical (unpaired) electrons. The molecule has 0 saturated heterocycles. The second kappa shape index (κ2) is 7.62. The summed E-state index contributed by atoms with van der Waals surface area (Å²) in [7, 11) is 0. The Labute approximate surface area is 181 Å². The number of nitrogens with one attached hydrogen (secondary N) is 1. The van der Waals surface area contributed by atoms with E-state index in [1.165, 1.54) is 11.1 Å². The van der Waals surface area contributed by atoms with E-state index >= 15 is 0 Å². The second-order valence-electron chi connectivity index (χ2n) is 7.86. The largest absolute Gasteiger partial charge is 0.341 e. The molecule has 0 atom stereocenters. The van der Waals surface area contributed by atoms with Crippen LogP contribution in [0.25, 0.3) is 16.7 Å². The summed E-state index contributed by atoms with van der Waals surface area (Å²) in [6.07, 6.45) is 0.720. The van der Waals surface area contributed by atoms with Gasteiger partial charge < -0.3 is 5.32 Å². The van der Waals surface area contributed by atoms with Crippen molar-refractivity contribution >= 4 is 28.2 Å². The highest BCUT2D eigenvalue weighted by atomic mass is 15.1. The Balaban J connectivity index is 1.85. The molecule has 1 N–H and O–H groups in total. The number of fused-ring (bicyclic) bond motifs is 3. The lowest BCUT2D eigenvalue weighted by molar-refractivity contribution is 1.08. The van der Waals surface area contributed by atoms with Crippen molar-refractivity contribution < 1.29 is 0 Å². The molecule has 0 bridgehead atoms. The van der Waals surface area contributed by atoms with Crippen LogP contribution in [0.2, 0.25) is 0 Å². The summed E-state index contributed by atoms with van der Waals surface area (Å²) in [5, 5.41) is 13.7. The number of nitriles is 1. The summed E-state index contributed by atoms with van der Waals surface area (Å²) in [6.45, 7) is 4.11. The van der Waals surface area contributed by atoms with E-state index < -0.39 is 0 Å². The molecular formula is C27H22N4. The Bertz CT molecular complexity index is 1460. The molecule has 0 aliphatic rings. The van der Waals surface area contributed by atoms with Crippen molar-refractivity contribution in [3.05, 3.63) is 107 Å². The summed E-state index contributed by atoms with van der Waals surface area (Å²) < 4.78 is 2.10. The number of hydrogen-bond donors (Lipinski definition) is 1. The van der Waals surface area contributed by atoms with Crippen molar-refractivity contribution in [3.63, 3.8) is 0 Å². The van der Waals surface area contributed by atoms with Gasteiger partial charge in [0.25, 0.3) is 0 Å². The number of rotatable bonds is 4. The lowest BCUT2D eigenvalue weighted by Crippen LogP contribution is -2.09. The van der Waals surface area contributed by atoms with Gasteiger partial charge in [-0.15, -0.1) is 0 Å². The van der Waals surface area contributed by atoms with Crippen molar-refractivity contribution in [1.29, 1.82) is 5.26 Å². The molecule has 0 fully saturated rings. The first-order valence-corrected chi connectivity index (χ1v) is 10.4. The van der Waals surface area contributed by atoms with Gasteiger partial charge in [0.15, 0.2) is 5.65 Å². The monoisotopic (exact) mass is 402 g/mol. The number of aryl methyl sites for hydroxylation is 1. The molecule has 5 aromatic rings. The molecule has 0 aliphatic carbocycles. The predicted octanol–water partition coefficient (Wildman–Crippen LogP) is 6.31. The van der Waals surface area contributed by atoms with Crippen LogP contribution in [0.15, 0.2) is 78.9 Å². The van der Waals surface area contributed by atoms with Crippen LogP contribution in [0.3, 0.4) is 0 Å². The summed E-state index contributed by atoms with van der Waals surface area (Å²) in [6, 6.07) is 29.2. The van der Waals surface area contributed by atoms with Crippen molar-refractivity contribution in [2.45, 2.75) is 20.3 Å². The van der Waals surface area contributed by atoms with Gasteiger partial charge in [0.1, 0.15) is 11.9 Å². The summed E-state index contributed by atoms with van der Waals surface area (Å²) >= 11 is 0. The third kappa shape index (κ3) is 3.31. The Morgan fingerprint density at radius 3 is 2.48 bits per heavy atom. The molecule has 5 rings (SSSR count). The Morgan fingerprint density at radius 2 is 1.71 bits per heavy atom. The van der Waals surface area contributed by atoms with Crippen LogP contribution in [0, 0.1) is 25.2 Å². The third-order valence-electron chi connectivity index (χ3n) is 5.74. The highest BCUT2D eigenvalue weighted by Gasteiger charge is 2.21. The number of imidazole rings is 1. The minimum Gasteiger partial charge on any atom is -0.341 e. The first kappa shape index (κ1) is 18.9. The van der Waals surface area contributed by atoms with Crippen molar-refractivity contribution in [1.82, 2.24) is 9.38 Å². The average Bonchev–Trinajstić information content (AvgIpc) is 3.16. The molecule has 3 aromatic carbocycles. The fourth-order valence-corrected chi connectivity index (χ4v) is 4.19. The highest BCUT2D eigenvalue weighted by molar-refractivity contribution is 5.87. The number of anilines is 2. The van der Waals surface area contributed by atoms with E-state index in [9.17, 15) is 5.26 Å². The highest BCUT2D eigenvalue weighted by Crippen LogP contribution is 2.34. The van der Waals surface area contributed by atoms with Crippen LogP contribution in [0.1, 0.15) is 27.8 Å². The number of aromatic nitrogens is 2. The normalized spacial score (nSPS) is 11.0. The maximum atomic E-state index is 10.0. The van der Waals surface area contributed by atoms with E-state index in [4.69, 9.17) is 4.98 Å². The van der Waals surface area contributed by atoms with Crippen LogP contribution in [-0.4, -0.2) is 9.38 Å². The number of pyridine rings is 1. The first-order chi connectivity index (χ1) is 15.2. The molecule has 0 spiro atoms. The van der Waals surface area contributed by atoms with Gasteiger partial charge in [0.05, 0.1) is 16.6 Å². The van der Waals surface area contributed by atoms with Gasteiger partial charge in [-0.1, -0.05) is 54.6 Å². The van der Waals surface area contributed by atoms with Crippen LogP contribution < -0.4 is 5.32 Å². The van der Waals surface area contributed by atoms with E-state index in [1.807, 2.05) is 37.3 Å². The number of para-hydroxylation sites is 2. The number of benzene rings is 3. The van der Waals surface area contributed by atoms with Crippen molar-refractivity contribution in [3.8, 4) is 6.07 Å². The van der Waals surface area contributed by atoms with E-state index in [-0.39, 0.29) is 0 Å². The SMILES string of the molecule is Cc1cccc(Nc2c(Cc3ccccc3)c(C)c(C#N)c3nc4ccccc4n23)c1. The molecule has 0 saturated carbocycles. The second-order valence-corrected chi connectivity index (χ2v) is 7.86. The molecule has 4 nitrogen and oxygen atoms in total. The molecule has 2 heterocycles. The average molecular weight is 403 g/mol. The summed E-state index contributed by atoms with van der Waals surface area (Å²) in [5.74, 6) is 0.953. The van der Waals surface area contributed by atoms with Gasteiger partial charge in [0, 0.05) is 17.7 Å². The van der Waals surface area contributed by atoms with Gasteiger partial charge in [0.2, 0.25) is 0 Å². The van der Waals surface area contributed by atoms with Gasteiger partial charge in [-0.25, -0.2) is 4.98 Å². The summed E-state index contributed by atoms with van der Waals surface area (Å²) in [4.78, 5) is 4.82. The summed E-state index contributed by atoms with van der Waals surface area (Å²) in [5.41, 5.74) is 8.63. The maximum absolute atomic E-state index is 10.0. The van der Waals surface area contributed by atoms with E-state index in [0.717, 1.165) is 40.1 Å². The quantitative estimate of drug-likeness (QED) is 0.383. The molecule has 31 heavy (non-hydrogen) atoms. The smallest absolute Gasteiger partial charge is 0.157 e. The zero-order chi connectivity index (χ0) is 21.4. The molecule has 0 amide bonds. The molecule has 150 valence electrons. The van der Waals surface area contributed by atoms with E-state index in [2.05, 4.69) is 71.2 Å². The van der Waals surface area contributed by atoms with Crippen LogP contribution in [0.4, 0.5) is 11.5 Å². The van der Waals surface area contributed by atoms with Gasteiger partial charge in [-0.2, -0.15) is 5.26 Å². The standard InChI is InChI=1S/C27H22N4/c1-18-9-8-12-21(15-18)29-26-22(16-20-10-4-3-5-11-20)19(2)23(17-28)27-30-24-13-6-7-14-25(24)31(26)27/h3-15,29H,16H2,1-2H3. The topological polar surface area (TPSA) is 53.1 Å². The molecule has 4 heteroatoms. The minimum absolute atomic E-state index is 0.622. The van der Waals surface area contributed by atoms with E-state index in [1.54, 1.807) is 0 Å². The Kier molecular flexibility index (Phi) is 4.65. The number of nitrogens with zero attached hydrogens (tertiary/aromatic N) is 3. The Morgan fingerprint density at radius 1 is 0.935 bits per heavy atom. The van der Waals surface area contributed by atoms with Crippen molar-refractivity contribution in [2.24, 2.45) is 0 Å². The van der Waals surface area contributed by atoms with Crippen LogP contribution in [-0.2, 0) is 6.42 Å². The minimum atomic E-state index is 0.622. The van der Waals surface area contributed by atoms with E-state index in [0.29, 0.717) is 11.2 Å². The zero-order valence-corrected chi connectivity index (χ0v) is 17.6. The predicted molar refractivity (Wildman–Crippen MR) is 126 cm³/mol. The van der Waals surface area contributed by atoms with Gasteiger partial charge >= 0.3 is 0 Å².